The second-order valence-corrected chi connectivity index (χ2v) is 6.89. The monoisotopic (exact) mass is 253 g/mol. The average molecular weight is 253 g/mol. The molecule has 4 heteroatoms. The van der Waals surface area contributed by atoms with Crippen molar-refractivity contribution in [1.29, 1.82) is 0 Å². The Labute approximate surface area is 103 Å². The van der Waals surface area contributed by atoms with Gasteiger partial charge in [-0.2, -0.15) is 0 Å². The first kappa shape index (κ1) is 12.6. The van der Waals surface area contributed by atoms with Gasteiger partial charge in [0.25, 0.3) is 0 Å². The lowest BCUT2D eigenvalue weighted by Crippen LogP contribution is -2.25. The second kappa shape index (κ2) is 4.78. The summed E-state index contributed by atoms with van der Waals surface area (Å²) in [5.74, 6) is 0.188. The zero-order chi connectivity index (χ0) is 12.5. The Kier molecular flexibility index (Phi) is 3.54. The zero-order valence-corrected chi connectivity index (χ0v) is 11.2. The lowest BCUT2D eigenvalue weighted by Gasteiger charge is -2.09. The minimum atomic E-state index is -3.14. The highest BCUT2D eigenvalue weighted by atomic mass is 32.2. The summed E-state index contributed by atoms with van der Waals surface area (Å²) in [6.07, 6.45) is 2.37. The lowest BCUT2D eigenvalue weighted by molar-refractivity contribution is 0.590. The first-order chi connectivity index (χ1) is 7.99. The number of rotatable bonds is 5. The van der Waals surface area contributed by atoms with Crippen molar-refractivity contribution in [2.24, 2.45) is 0 Å². The van der Waals surface area contributed by atoms with Crippen LogP contribution >= 0.6 is 0 Å². The Morgan fingerprint density at radius 2 is 2.00 bits per heavy atom. The van der Waals surface area contributed by atoms with E-state index in [4.69, 9.17) is 0 Å². The molecular formula is C13H19NO2S. The van der Waals surface area contributed by atoms with Crippen molar-refractivity contribution in [3.05, 3.63) is 29.3 Å². The van der Waals surface area contributed by atoms with Crippen LogP contribution in [-0.2, 0) is 9.84 Å². The maximum absolute atomic E-state index is 12.1. The van der Waals surface area contributed by atoms with Gasteiger partial charge in [0.15, 0.2) is 9.84 Å². The van der Waals surface area contributed by atoms with Gasteiger partial charge in [-0.1, -0.05) is 17.7 Å². The Morgan fingerprint density at radius 1 is 1.29 bits per heavy atom. The van der Waals surface area contributed by atoms with Crippen LogP contribution in [-0.4, -0.2) is 26.8 Å². The van der Waals surface area contributed by atoms with Gasteiger partial charge in [-0.3, -0.25) is 0 Å². The van der Waals surface area contributed by atoms with E-state index in [1.807, 2.05) is 26.0 Å². The number of hydrogen-bond acceptors (Lipinski definition) is 3. The molecule has 0 unspecified atom stereocenters. The van der Waals surface area contributed by atoms with Crippen LogP contribution in [0, 0.1) is 13.8 Å². The highest BCUT2D eigenvalue weighted by Crippen LogP contribution is 2.20. The Hall–Kier alpha value is -0.870. The van der Waals surface area contributed by atoms with E-state index in [9.17, 15) is 8.42 Å². The van der Waals surface area contributed by atoms with Crippen LogP contribution < -0.4 is 5.32 Å². The zero-order valence-electron chi connectivity index (χ0n) is 10.4. The third kappa shape index (κ3) is 3.30. The third-order valence-electron chi connectivity index (χ3n) is 3.05. The predicted molar refractivity (Wildman–Crippen MR) is 69.0 cm³/mol. The fourth-order valence-electron chi connectivity index (χ4n) is 1.94. The van der Waals surface area contributed by atoms with Gasteiger partial charge in [0.05, 0.1) is 10.6 Å². The van der Waals surface area contributed by atoms with Crippen molar-refractivity contribution in [3.8, 4) is 0 Å². The summed E-state index contributed by atoms with van der Waals surface area (Å²) in [7, 11) is -3.14. The van der Waals surface area contributed by atoms with Crippen LogP contribution in [0.4, 0.5) is 0 Å². The summed E-state index contributed by atoms with van der Waals surface area (Å²) >= 11 is 0. The smallest absolute Gasteiger partial charge is 0.179 e. The summed E-state index contributed by atoms with van der Waals surface area (Å²) in [5, 5.41) is 3.23. The van der Waals surface area contributed by atoms with Crippen molar-refractivity contribution in [2.75, 3.05) is 12.3 Å². The van der Waals surface area contributed by atoms with Crippen LogP contribution in [0.1, 0.15) is 24.0 Å². The van der Waals surface area contributed by atoms with Crippen molar-refractivity contribution >= 4 is 9.84 Å². The molecule has 1 saturated carbocycles. The van der Waals surface area contributed by atoms with E-state index in [-0.39, 0.29) is 5.75 Å². The van der Waals surface area contributed by atoms with Crippen molar-refractivity contribution < 1.29 is 8.42 Å². The second-order valence-electron chi connectivity index (χ2n) is 4.82. The maximum Gasteiger partial charge on any atom is 0.179 e. The summed E-state index contributed by atoms with van der Waals surface area (Å²) in [6.45, 7) is 4.38. The molecule has 1 aliphatic rings. The van der Waals surface area contributed by atoms with E-state index in [2.05, 4.69) is 5.32 Å². The minimum absolute atomic E-state index is 0.188. The molecule has 1 aromatic rings. The molecule has 1 fully saturated rings. The summed E-state index contributed by atoms with van der Waals surface area (Å²) in [6, 6.07) is 6.05. The molecule has 1 N–H and O–H groups in total. The van der Waals surface area contributed by atoms with E-state index in [1.54, 1.807) is 6.07 Å². The molecule has 2 rings (SSSR count). The number of sulfone groups is 1. The summed E-state index contributed by atoms with van der Waals surface area (Å²) < 4.78 is 24.3. The minimum Gasteiger partial charge on any atom is -0.313 e. The largest absolute Gasteiger partial charge is 0.313 e. The van der Waals surface area contributed by atoms with Gasteiger partial charge in [0.1, 0.15) is 0 Å². The van der Waals surface area contributed by atoms with Gasteiger partial charge in [-0.15, -0.1) is 0 Å². The SMILES string of the molecule is Cc1ccc(S(=O)(=O)CCNC2CC2)c(C)c1. The fourth-order valence-corrected chi connectivity index (χ4v) is 3.37. The van der Waals surface area contributed by atoms with Crippen LogP contribution in [0.5, 0.6) is 0 Å². The van der Waals surface area contributed by atoms with Crippen LogP contribution in [0.25, 0.3) is 0 Å². The molecule has 17 heavy (non-hydrogen) atoms. The first-order valence-electron chi connectivity index (χ1n) is 6.02. The predicted octanol–water partition coefficient (Wildman–Crippen LogP) is 1.83. The normalized spacial score (nSPS) is 16.1. The van der Waals surface area contributed by atoms with E-state index in [0.29, 0.717) is 17.5 Å². The first-order valence-corrected chi connectivity index (χ1v) is 7.68. The summed E-state index contributed by atoms with van der Waals surface area (Å²) in [5.41, 5.74) is 1.94. The molecule has 0 atom stereocenters. The highest BCUT2D eigenvalue weighted by Gasteiger charge is 2.22. The van der Waals surface area contributed by atoms with E-state index in [0.717, 1.165) is 11.1 Å². The topological polar surface area (TPSA) is 46.2 Å². The number of benzene rings is 1. The maximum atomic E-state index is 12.1. The molecule has 0 spiro atoms. The van der Waals surface area contributed by atoms with E-state index >= 15 is 0 Å². The molecule has 0 aromatic heterocycles. The van der Waals surface area contributed by atoms with Crippen molar-refractivity contribution in [1.82, 2.24) is 5.32 Å². The third-order valence-corrected chi connectivity index (χ3v) is 4.92. The van der Waals surface area contributed by atoms with Crippen molar-refractivity contribution in [3.63, 3.8) is 0 Å². The highest BCUT2D eigenvalue weighted by molar-refractivity contribution is 7.91. The van der Waals surface area contributed by atoms with Crippen molar-refractivity contribution in [2.45, 2.75) is 37.6 Å². The van der Waals surface area contributed by atoms with Gasteiger partial charge < -0.3 is 5.32 Å². The van der Waals surface area contributed by atoms with Gasteiger partial charge in [0, 0.05) is 12.6 Å². The average Bonchev–Trinajstić information content (AvgIpc) is 3.00. The molecule has 0 bridgehead atoms. The number of hydrogen-bond donors (Lipinski definition) is 1. The Morgan fingerprint density at radius 3 is 2.59 bits per heavy atom. The van der Waals surface area contributed by atoms with Gasteiger partial charge in [0.2, 0.25) is 0 Å². The standard InChI is InChI=1S/C13H19NO2S/c1-10-3-6-13(11(2)9-10)17(15,16)8-7-14-12-4-5-12/h3,6,9,12,14H,4-5,7-8H2,1-2H3. The van der Waals surface area contributed by atoms with Gasteiger partial charge in [-0.05, 0) is 38.3 Å². The van der Waals surface area contributed by atoms with E-state index < -0.39 is 9.84 Å². The van der Waals surface area contributed by atoms with Crippen LogP contribution in [0.15, 0.2) is 23.1 Å². The van der Waals surface area contributed by atoms with Crippen LogP contribution in [0.3, 0.4) is 0 Å². The molecular weight excluding hydrogens is 234 g/mol. The molecule has 0 heterocycles. The van der Waals surface area contributed by atoms with Crippen LogP contribution in [0.2, 0.25) is 0 Å². The molecule has 0 saturated heterocycles. The molecule has 1 aliphatic carbocycles. The molecule has 0 amide bonds. The Balaban J connectivity index is 2.07. The lowest BCUT2D eigenvalue weighted by atomic mass is 10.2. The Bertz CT molecular complexity index is 504. The van der Waals surface area contributed by atoms with Gasteiger partial charge >= 0.3 is 0 Å². The molecule has 1 aromatic carbocycles. The molecule has 0 aliphatic heterocycles. The molecule has 0 radical (unpaired) electrons. The number of nitrogens with one attached hydrogen (secondary N) is 1. The molecule has 3 nitrogen and oxygen atoms in total. The van der Waals surface area contributed by atoms with Gasteiger partial charge in [-0.25, -0.2) is 8.42 Å². The molecule has 94 valence electrons. The van der Waals surface area contributed by atoms with E-state index in [1.165, 1.54) is 12.8 Å². The summed E-state index contributed by atoms with van der Waals surface area (Å²) in [4.78, 5) is 0.473. The fraction of sp³-hybridized carbons (Fsp3) is 0.538. The quantitative estimate of drug-likeness (QED) is 0.871. The number of aryl methyl sites for hydroxylation is 2.